The van der Waals surface area contributed by atoms with Crippen molar-refractivity contribution in [1.82, 2.24) is 9.97 Å². The largest absolute Gasteiger partial charge is 0.369 e. The Balaban J connectivity index is 1.81. The zero-order valence-electron chi connectivity index (χ0n) is 13.6. The standard InChI is InChI=1S/C18H24N4/c1-13-21-15(10-19)9-16(22-13)20-12-18(11-17(18,2)3)14-7-5-4-6-8-14/h4-9H,10-12,19H2,1-3H3,(H,20,21,22). The first-order valence-corrected chi connectivity index (χ1v) is 7.81. The van der Waals surface area contributed by atoms with Gasteiger partial charge in [-0.15, -0.1) is 0 Å². The Bertz CT molecular complexity index is 666. The summed E-state index contributed by atoms with van der Waals surface area (Å²) in [5, 5.41) is 3.51. The maximum atomic E-state index is 5.70. The summed E-state index contributed by atoms with van der Waals surface area (Å²) in [7, 11) is 0. The molecule has 0 radical (unpaired) electrons. The number of nitrogens with one attached hydrogen (secondary N) is 1. The smallest absolute Gasteiger partial charge is 0.130 e. The van der Waals surface area contributed by atoms with E-state index >= 15 is 0 Å². The minimum atomic E-state index is 0.177. The highest BCUT2D eigenvalue weighted by atomic mass is 15.0. The third kappa shape index (κ3) is 2.59. The minimum absolute atomic E-state index is 0.177. The Morgan fingerprint density at radius 3 is 2.45 bits per heavy atom. The van der Waals surface area contributed by atoms with Gasteiger partial charge in [0.05, 0.1) is 5.69 Å². The minimum Gasteiger partial charge on any atom is -0.369 e. The molecule has 0 saturated heterocycles. The lowest BCUT2D eigenvalue weighted by atomic mass is 9.88. The second-order valence-electron chi connectivity index (χ2n) is 6.86. The third-order valence-electron chi connectivity index (χ3n) is 4.91. The van der Waals surface area contributed by atoms with E-state index in [-0.39, 0.29) is 5.41 Å². The second kappa shape index (κ2) is 5.36. The topological polar surface area (TPSA) is 63.8 Å². The number of hydrogen-bond donors (Lipinski definition) is 2. The highest BCUT2D eigenvalue weighted by Crippen LogP contribution is 2.64. The number of benzene rings is 1. The van der Waals surface area contributed by atoms with Crippen LogP contribution in [0.4, 0.5) is 5.82 Å². The number of aryl methyl sites for hydroxylation is 1. The van der Waals surface area contributed by atoms with Gasteiger partial charge in [0.15, 0.2) is 0 Å². The number of nitrogens with two attached hydrogens (primary N) is 1. The van der Waals surface area contributed by atoms with Crippen molar-refractivity contribution in [2.45, 2.75) is 39.2 Å². The lowest BCUT2D eigenvalue weighted by molar-refractivity contribution is 0.512. The van der Waals surface area contributed by atoms with E-state index < -0.39 is 0 Å². The molecule has 2 aromatic rings. The Morgan fingerprint density at radius 2 is 1.86 bits per heavy atom. The van der Waals surface area contributed by atoms with Crippen molar-refractivity contribution >= 4 is 5.82 Å². The van der Waals surface area contributed by atoms with Crippen LogP contribution >= 0.6 is 0 Å². The average molecular weight is 296 g/mol. The highest BCUT2D eigenvalue weighted by molar-refractivity contribution is 5.43. The van der Waals surface area contributed by atoms with E-state index in [0.717, 1.165) is 23.9 Å². The lowest BCUT2D eigenvalue weighted by Crippen LogP contribution is -2.25. The summed E-state index contributed by atoms with van der Waals surface area (Å²) in [5.41, 5.74) is 8.45. The van der Waals surface area contributed by atoms with Gasteiger partial charge in [0, 0.05) is 24.6 Å². The van der Waals surface area contributed by atoms with Gasteiger partial charge in [0.2, 0.25) is 0 Å². The molecule has 3 N–H and O–H groups in total. The summed E-state index contributed by atoms with van der Waals surface area (Å²) in [6, 6.07) is 12.7. The molecule has 1 aromatic heterocycles. The first-order valence-electron chi connectivity index (χ1n) is 7.81. The average Bonchev–Trinajstić information content (AvgIpc) is 3.08. The van der Waals surface area contributed by atoms with Gasteiger partial charge < -0.3 is 11.1 Å². The van der Waals surface area contributed by atoms with Crippen LogP contribution in [0.1, 0.15) is 37.4 Å². The van der Waals surface area contributed by atoms with Crippen LogP contribution in [0.15, 0.2) is 36.4 Å². The van der Waals surface area contributed by atoms with E-state index in [4.69, 9.17) is 5.73 Å². The van der Waals surface area contributed by atoms with E-state index in [9.17, 15) is 0 Å². The van der Waals surface area contributed by atoms with Crippen LogP contribution in [0.3, 0.4) is 0 Å². The normalized spacial score (nSPS) is 22.4. The zero-order valence-corrected chi connectivity index (χ0v) is 13.6. The summed E-state index contributed by atoms with van der Waals surface area (Å²) in [6.45, 7) is 7.88. The molecule has 0 aliphatic heterocycles. The fourth-order valence-electron chi connectivity index (χ4n) is 3.43. The SMILES string of the molecule is Cc1nc(CN)cc(NCC2(c3ccccc3)CC2(C)C)n1. The van der Waals surface area contributed by atoms with E-state index in [1.54, 1.807) is 0 Å². The van der Waals surface area contributed by atoms with Crippen molar-refractivity contribution < 1.29 is 0 Å². The van der Waals surface area contributed by atoms with Gasteiger partial charge in [-0.05, 0) is 24.3 Å². The van der Waals surface area contributed by atoms with Crippen LogP contribution in [0, 0.1) is 12.3 Å². The van der Waals surface area contributed by atoms with Gasteiger partial charge in [-0.3, -0.25) is 0 Å². The molecule has 1 aliphatic carbocycles. The summed E-state index contributed by atoms with van der Waals surface area (Å²) in [4.78, 5) is 8.80. The van der Waals surface area contributed by atoms with Gasteiger partial charge in [-0.25, -0.2) is 9.97 Å². The molecular formula is C18H24N4. The molecule has 1 aliphatic rings. The maximum absolute atomic E-state index is 5.70. The van der Waals surface area contributed by atoms with Crippen molar-refractivity contribution in [3.63, 3.8) is 0 Å². The Kier molecular flexibility index (Phi) is 3.65. The van der Waals surface area contributed by atoms with E-state index in [1.807, 2.05) is 13.0 Å². The quantitative estimate of drug-likeness (QED) is 0.890. The number of nitrogens with zero attached hydrogens (tertiary/aromatic N) is 2. The second-order valence-corrected chi connectivity index (χ2v) is 6.86. The van der Waals surface area contributed by atoms with E-state index in [1.165, 1.54) is 12.0 Å². The summed E-state index contributed by atoms with van der Waals surface area (Å²) in [6.07, 6.45) is 1.19. The molecule has 1 saturated carbocycles. The van der Waals surface area contributed by atoms with Gasteiger partial charge >= 0.3 is 0 Å². The summed E-state index contributed by atoms with van der Waals surface area (Å²) in [5.74, 6) is 1.63. The molecule has 4 nitrogen and oxygen atoms in total. The molecule has 0 amide bonds. The molecule has 1 aromatic carbocycles. The monoisotopic (exact) mass is 296 g/mol. The van der Waals surface area contributed by atoms with Crippen LogP contribution in [0.25, 0.3) is 0 Å². The predicted octanol–water partition coefficient (Wildman–Crippen LogP) is 3.02. The Morgan fingerprint density at radius 1 is 1.18 bits per heavy atom. The van der Waals surface area contributed by atoms with Gasteiger partial charge in [0.25, 0.3) is 0 Å². The molecule has 1 atom stereocenters. The summed E-state index contributed by atoms with van der Waals surface area (Å²) >= 11 is 0. The van der Waals surface area contributed by atoms with Crippen molar-refractivity contribution in [3.8, 4) is 0 Å². The molecule has 3 rings (SSSR count). The lowest BCUT2D eigenvalue weighted by Gasteiger charge is -2.22. The third-order valence-corrected chi connectivity index (χ3v) is 4.91. The molecule has 4 heteroatoms. The number of rotatable bonds is 5. The fraction of sp³-hybridized carbons (Fsp3) is 0.444. The van der Waals surface area contributed by atoms with Crippen LogP contribution in [0.5, 0.6) is 0 Å². The van der Waals surface area contributed by atoms with Crippen molar-refractivity contribution in [1.29, 1.82) is 0 Å². The number of aromatic nitrogens is 2. The van der Waals surface area contributed by atoms with Gasteiger partial charge in [-0.1, -0.05) is 44.2 Å². The van der Waals surface area contributed by atoms with E-state index in [0.29, 0.717) is 12.0 Å². The molecule has 1 heterocycles. The van der Waals surface area contributed by atoms with Crippen molar-refractivity contribution in [3.05, 3.63) is 53.5 Å². The first-order chi connectivity index (χ1) is 10.5. The Labute approximate surface area is 132 Å². The van der Waals surface area contributed by atoms with Crippen LogP contribution < -0.4 is 11.1 Å². The fourth-order valence-corrected chi connectivity index (χ4v) is 3.43. The van der Waals surface area contributed by atoms with Crippen LogP contribution in [0.2, 0.25) is 0 Å². The van der Waals surface area contributed by atoms with Crippen molar-refractivity contribution in [2.24, 2.45) is 11.1 Å². The number of hydrogen-bond acceptors (Lipinski definition) is 4. The van der Waals surface area contributed by atoms with Crippen LogP contribution in [-0.2, 0) is 12.0 Å². The van der Waals surface area contributed by atoms with E-state index in [2.05, 4.69) is 59.5 Å². The van der Waals surface area contributed by atoms with Crippen molar-refractivity contribution in [2.75, 3.05) is 11.9 Å². The number of anilines is 1. The molecule has 0 bridgehead atoms. The Hall–Kier alpha value is -1.94. The van der Waals surface area contributed by atoms with Gasteiger partial charge in [-0.2, -0.15) is 0 Å². The molecule has 0 spiro atoms. The van der Waals surface area contributed by atoms with Gasteiger partial charge in [0.1, 0.15) is 11.6 Å². The predicted molar refractivity (Wildman–Crippen MR) is 89.7 cm³/mol. The summed E-state index contributed by atoms with van der Waals surface area (Å²) < 4.78 is 0. The first kappa shape index (κ1) is 15.0. The molecule has 116 valence electrons. The maximum Gasteiger partial charge on any atom is 0.130 e. The molecule has 22 heavy (non-hydrogen) atoms. The molecule has 1 fully saturated rings. The molecular weight excluding hydrogens is 272 g/mol. The highest BCUT2D eigenvalue weighted by Gasteiger charge is 2.61. The molecule has 1 unspecified atom stereocenters. The van der Waals surface area contributed by atoms with Crippen LogP contribution in [-0.4, -0.2) is 16.5 Å². The zero-order chi connectivity index (χ0) is 15.8.